The van der Waals surface area contributed by atoms with E-state index in [4.69, 9.17) is 9.84 Å². The van der Waals surface area contributed by atoms with Gasteiger partial charge in [-0.3, -0.25) is 4.79 Å². The molecule has 0 aliphatic carbocycles. The molecule has 1 aromatic rings. The van der Waals surface area contributed by atoms with Gasteiger partial charge in [0.15, 0.2) is 6.10 Å². The van der Waals surface area contributed by atoms with E-state index in [1.54, 1.807) is 10.4 Å². The first-order valence-corrected chi connectivity index (χ1v) is 6.60. The molecule has 1 fully saturated rings. The highest BCUT2D eigenvalue weighted by atomic mass is 32.1. The molecule has 6 nitrogen and oxygen atoms in total. The van der Waals surface area contributed by atoms with E-state index in [1.807, 2.05) is 5.38 Å². The van der Waals surface area contributed by atoms with E-state index in [-0.39, 0.29) is 19.1 Å². The average molecular weight is 270 g/mol. The molecule has 1 unspecified atom stereocenters. The molecule has 0 aromatic carbocycles. The fourth-order valence-corrected chi connectivity index (χ4v) is 2.37. The normalized spacial score (nSPS) is 19.8. The lowest BCUT2D eigenvalue weighted by molar-refractivity contribution is -0.159. The minimum Gasteiger partial charge on any atom is -0.479 e. The van der Waals surface area contributed by atoms with Crippen molar-refractivity contribution >= 4 is 23.2 Å². The molecule has 0 spiro atoms. The summed E-state index contributed by atoms with van der Waals surface area (Å²) < 4.78 is 5.07. The minimum atomic E-state index is -1.02. The van der Waals surface area contributed by atoms with E-state index in [0.29, 0.717) is 19.4 Å². The summed E-state index contributed by atoms with van der Waals surface area (Å²) in [5, 5.41) is 10.8. The van der Waals surface area contributed by atoms with Crippen LogP contribution in [0.4, 0.5) is 0 Å². The molecule has 0 saturated carbocycles. The van der Waals surface area contributed by atoms with Crippen LogP contribution in [0.25, 0.3) is 0 Å². The Kier molecular flexibility index (Phi) is 4.27. The fourth-order valence-electron chi connectivity index (χ4n) is 1.78. The number of carbonyl (C=O) groups excluding carboxylic acids is 1. The predicted octanol–water partition coefficient (Wildman–Crippen LogP) is 0.388. The summed E-state index contributed by atoms with van der Waals surface area (Å²) in [6.45, 7) is 0.865. The summed E-state index contributed by atoms with van der Waals surface area (Å²) in [5.41, 5.74) is 2.63. The number of hydrogen-bond acceptors (Lipinski definition) is 5. The Bertz CT molecular complexity index is 421. The number of carbonyl (C=O) groups is 2. The average Bonchev–Trinajstić information content (AvgIpc) is 2.89. The van der Waals surface area contributed by atoms with Crippen molar-refractivity contribution in [2.24, 2.45) is 0 Å². The molecule has 1 aromatic heterocycles. The van der Waals surface area contributed by atoms with Gasteiger partial charge in [-0.1, -0.05) is 0 Å². The zero-order valence-corrected chi connectivity index (χ0v) is 10.6. The van der Waals surface area contributed by atoms with Crippen molar-refractivity contribution in [3.05, 3.63) is 16.6 Å². The Balaban J connectivity index is 1.83. The molecule has 1 amide bonds. The second-order valence-corrected chi connectivity index (χ2v) is 4.74. The predicted molar refractivity (Wildman–Crippen MR) is 64.4 cm³/mol. The van der Waals surface area contributed by atoms with Crippen molar-refractivity contribution in [2.75, 3.05) is 19.7 Å². The van der Waals surface area contributed by atoms with E-state index in [2.05, 4.69) is 4.98 Å². The third-order valence-corrected chi connectivity index (χ3v) is 3.41. The molecule has 2 heterocycles. The van der Waals surface area contributed by atoms with Gasteiger partial charge in [-0.15, -0.1) is 11.3 Å². The number of rotatable bonds is 4. The smallest absolute Gasteiger partial charge is 0.334 e. The van der Waals surface area contributed by atoms with Gasteiger partial charge in [0.05, 0.1) is 24.4 Å². The van der Waals surface area contributed by atoms with Crippen LogP contribution < -0.4 is 0 Å². The highest BCUT2D eigenvalue weighted by Gasteiger charge is 2.28. The molecule has 18 heavy (non-hydrogen) atoms. The van der Waals surface area contributed by atoms with Crippen LogP contribution in [0.2, 0.25) is 0 Å². The van der Waals surface area contributed by atoms with Crippen molar-refractivity contribution in [3.63, 3.8) is 0 Å². The standard InChI is InChI=1S/C11H14N2O4S/c14-10(2-1-8-6-18-7-12-8)13-3-4-17-9(5-13)11(15)16/h6-7,9H,1-5H2,(H,15,16). The van der Waals surface area contributed by atoms with Gasteiger partial charge in [-0.25, -0.2) is 9.78 Å². The largest absolute Gasteiger partial charge is 0.479 e. The van der Waals surface area contributed by atoms with Crippen LogP contribution in [-0.2, 0) is 20.7 Å². The number of aromatic nitrogens is 1. The van der Waals surface area contributed by atoms with E-state index in [9.17, 15) is 9.59 Å². The van der Waals surface area contributed by atoms with Crippen LogP contribution in [0, 0.1) is 0 Å². The number of amides is 1. The number of aryl methyl sites for hydroxylation is 1. The quantitative estimate of drug-likeness (QED) is 0.856. The number of nitrogens with zero attached hydrogens (tertiary/aromatic N) is 2. The SMILES string of the molecule is O=C(O)C1CN(C(=O)CCc2cscn2)CCO1. The third kappa shape index (κ3) is 3.27. The number of carboxylic acids is 1. The summed E-state index contributed by atoms with van der Waals surface area (Å²) >= 11 is 1.50. The topological polar surface area (TPSA) is 79.7 Å². The van der Waals surface area contributed by atoms with E-state index >= 15 is 0 Å². The molecule has 2 rings (SSSR count). The van der Waals surface area contributed by atoms with Gasteiger partial charge in [0, 0.05) is 18.3 Å². The molecule has 1 aliphatic rings. The van der Waals surface area contributed by atoms with Crippen LogP contribution in [0.15, 0.2) is 10.9 Å². The van der Waals surface area contributed by atoms with E-state index < -0.39 is 12.1 Å². The van der Waals surface area contributed by atoms with Gasteiger partial charge in [0.25, 0.3) is 0 Å². The summed E-state index contributed by atoms with van der Waals surface area (Å²) in [6, 6.07) is 0. The maximum atomic E-state index is 11.9. The molecule has 1 N–H and O–H groups in total. The van der Waals surface area contributed by atoms with Crippen LogP contribution in [0.1, 0.15) is 12.1 Å². The van der Waals surface area contributed by atoms with Crippen molar-refractivity contribution in [1.29, 1.82) is 0 Å². The summed E-state index contributed by atoms with van der Waals surface area (Å²) in [5.74, 6) is -1.07. The Morgan fingerprint density at radius 2 is 2.44 bits per heavy atom. The van der Waals surface area contributed by atoms with Gasteiger partial charge in [-0.05, 0) is 6.42 Å². The Hall–Kier alpha value is -1.47. The highest BCUT2D eigenvalue weighted by molar-refractivity contribution is 7.07. The highest BCUT2D eigenvalue weighted by Crippen LogP contribution is 2.10. The molecule has 1 saturated heterocycles. The Morgan fingerprint density at radius 3 is 3.11 bits per heavy atom. The number of ether oxygens (including phenoxy) is 1. The number of thiazole rings is 1. The second kappa shape index (κ2) is 5.92. The minimum absolute atomic E-state index is 0.0439. The van der Waals surface area contributed by atoms with Crippen LogP contribution in [-0.4, -0.2) is 52.7 Å². The first-order chi connectivity index (χ1) is 8.66. The van der Waals surface area contributed by atoms with Crippen LogP contribution in [0.3, 0.4) is 0 Å². The van der Waals surface area contributed by atoms with Crippen LogP contribution >= 0.6 is 11.3 Å². The second-order valence-electron chi connectivity index (χ2n) is 4.02. The van der Waals surface area contributed by atoms with Crippen molar-refractivity contribution < 1.29 is 19.4 Å². The van der Waals surface area contributed by atoms with Crippen molar-refractivity contribution in [3.8, 4) is 0 Å². The molecule has 0 radical (unpaired) electrons. The monoisotopic (exact) mass is 270 g/mol. The zero-order chi connectivity index (χ0) is 13.0. The number of hydrogen-bond donors (Lipinski definition) is 1. The van der Waals surface area contributed by atoms with E-state index in [1.165, 1.54) is 11.3 Å². The maximum Gasteiger partial charge on any atom is 0.334 e. The molecular formula is C11H14N2O4S. The van der Waals surface area contributed by atoms with E-state index in [0.717, 1.165) is 5.69 Å². The Labute approximate surface area is 108 Å². The molecule has 98 valence electrons. The molecule has 7 heteroatoms. The van der Waals surface area contributed by atoms with Crippen molar-refractivity contribution in [1.82, 2.24) is 9.88 Å². The molecule has 0 bridgehead atoms. The molecular weight excluding hydrogens is 256 g/mol. The maximum absolute atomic E-state index is 11.9. The van der Waals surface area contributed by atoms with Gasteiger partial charge >= 0.3 is 5.97 Å². The number of morpholine rings is 1. The van der Waals surface area contributed by atoms with Gasteiger partial charge in [0.1, 0.15) is 0 Å². The van der Waals surface area contributed by atoms with Crippen LogP contribution in [0.5, 0.6) is 0 Å². The lowest BCUT2D eigenvalue weighted by Crippen LogP contribution is -2.48. The summed E-state index contributed by atoms with van der Waals surface area (Å²) in [4.78, 5) is 28.4. The molecule has 1 atom stereocenters. The Morgan fingerprint density at radius 1 is 1.61 bits per heavy atom. The zero-order valence-electron chi connectivity index (χ0n) is 9.74. The van der Waals surface area contributed by atoms with Gasteiger partial charge in [-0.2, -0.15) is 0 Å². The summed E-state index contributed by atoms with van der Waals surface area (Å²) in [7, 11) is 0. The molecule has 1 aliphatic heterocycles. The first kappa shape index (κ1) is 13.0. The first-order valence-electron chi connectivity index (χ1n) is 5.66. The fraction of sp³-hybridized carbons (Fsp3) is 0.545. The van der Waals surface area contributed by atoms with Gasteiger partial charge in [0.2, 0.25) is 5.91 Å². The number of aliphatic carboxylic acids is 1. The number of carboxylic acid groups (broad SMARTS) is 1. The van der Waals surface area contributed by atoms with Gasteiger partial charge < -0.3 is 14.7 Å². The van der Waals surface area contributed by atoms with Crippen molar-refractivity contribution in [2.45, 2.75) is 18.9 Å². The lowest BCUT2D eigenvalue weighted by Gasteiger charge is -2.30. The third-order valence-electron chi connectivity index (χ3n) is 2.77. The lowest BCUT2D eigenvalue weighted by atomic mass is 10.2. The summed E-state index contributed by atoms with van der Waals surface area (Å²) in [6.07, 6.45) is 0.0509.